The largest absolute Gasteiger partial charge is 0.573 e. The molecule has 150 valence electrons. The third-order valence-corrected chi connectivity index (χ3v) is 5.58. The Morgan fingerprint density at radius 2 is 1.89 bits per heavy atom. The fourth-order valence-corrected chi connectivity index (χ4v) is 4.22. The second-order valence-electron chi connectivity index (χ2n) is 7.17. The SMILES string of the molecule is CC1OC1N1c2ccc(Br)cc2C(Nc2ccccc2OC(F)(F)F)CC1C. The van der Waals surface area contributed by atoms with E-state index in [0.717, 1.165) is 22.1 Å². The van der Waals surface area contributed by atoms with E-state index < -0.39 is 6.36 Å². The summed E-state index contributed by atoms with van der Waals surface area (Å²) in [5, 5.41) is 3.26. The first kappa shape index (κ1) is 19.4. The van der Waals surface area contributed by atoms with Crippen LogP contribution in [0.1, 0.15) is 31.9 Å². The number of hydrogen-bond acceptors (Lipinski definition) is 4. The number of alkyl halides is 3. The van der Waals surface area contributed by atoms with E-state index in [4.69, 9.17) is 4.74 Å². The van der Waals surface area contributed by atoms with Crippen LogP contribution in [0.5, 0.6) is 5.75 Å². The van der Waals surface area contributed by atoms with Crippen LogP contribution in [0, 0.1) is 0 Å². The standard InChI is InChI=1S/C20H20BrF3N2O2/c1-11-9-16(25-15-5-3-4-6-18(15)28-20(22,23)24)14-10-13(21)7-8-17(14)26(11)19-12(2)27-19/h3-8,10-12,16,19,25H,9H2,1-2H3. The quantitative estimate of drug-likeness (QED) is 0.585. The van der Waals surface area contributed by atoms with Crippen molar-refractivity contribution in [2.45, 2.75) is 51.0 Å². The minimum Gasteiger partial charge on any atom is -0.404 e. The summed E-state index contributed by atoms with van der Waals surface area (Å²) in [6.45, 7) is 4.14. The molecule has 2 aromatic carbocycles. The molecule has 0 amide bonds. The second kappa shape index (κ2) is 7.15. The van der Waals surface area contributed by atoms with Crippen LogP contribution in [0.25, 0.3) is 0 Å². The Balaban J connectivity index is 1.67. The lowest BCUT2D eigenvalue weighted by Crippen LogP contribution is -2.43. The summed E-state index contributed by atoms with van der Waals surface area (Å²) in [5.74, 6) is -0.235. The molecule has 0 aromatic heterocycles. The molecule has 0 bridgehead atoms. The average molecular weight is 457 g/mol. The van der Waals surface area contributed by atoms with Crippen molar-refractivity contribution in [1.82, 2.24) is 0 Å². The van der Waals surface area contributed by atoms with Crippen LogP contribution in [0.3, 0.4) is 0 Å². The van der Waals surface area contributed by atoms with Crippen molar-refractivity contribution in [2.24, 2.45) is 0 Å². The Hall–Kier alpha value is -1.93. The molecule has 1 N–H and O–H groups in total. The molecule has 2 heterocycles. The molecule has 4 nitrogen and oxygen atoms in total. The molecule has 1 saturated heterocycles. The lowest BCUT2D eigenvalue weighted by molar-refractivity contribution is -0.274. The molecule has 0 aliphatic carbocycles. The van der Waals surface area contributed by atoms with E-state index in [1.807, 2.05) is 25.1 Å². The fraction of sp³-hybridized carbons (Fsp3) is 0.400. The van der Waals surface area contributed by atoms with Crippen LogP contribution in [0.2, 0.25) is 0 Å². The molecule has 2 aromatic rings. The van der Waals surface area contributed by atoms with Crippen molar-refractivity contribution in [3.05, 3.63) is 52.5 Å². The number of fused-ring (bicyclic) bond motifs is 1. The molecular weight excluding hydrogens is 437 g/mol. The van der Waals surface area contributed by atoms with Gasteiger partial charge in [0.15, 0.2) is 12.0 Å². The second-order valence-corrected chi connectivity index (χ2v) is 8.08. The minimum atomic E-state index is -4.74. The van der Waals surface area contributed by atoms with Crippen molar-refractivity contribution < 1.29 is 22.6 Å². The van der Waals surface area contributed by atoms with Gasteiger partial charge in [-0.05, 0) is 56.2 Å². The van der Waals surface area contributed by atoms with E-state index >= 15 is 0 Å². The minimum absolute atomic E-state index is 0.0386. The molecule has 0 radical (unpaired) electrons. The summed E-state index contributed by atoms with van der Waals surface area (Å²) in [6, 6.07) is 12.1. The molecule has 4 rings (SSSR count). The van der Waals surface area contributed by atoms with Crippen LogP contribution >= 0.6 is 15.9 Å². The van der Waals surface area contributed by atoms with Gasteiger partial charge in [0, 0.05) is 16.2 Å². The number of halogens is 4. The van der Waals surface area contributed by atoms with Crippen molar-refractivity contribution in [1.29, 1.82) is 0 Å². The van der Waals surface area contributed by atoms with E-state index in [-0.39, 0.29) is 30.2 Å². The van der Waals surface area contributed by atoms with Gasteiger partial charge in [0.05, 0.1) is 11.7 Å². The van der Waals surface area contributed by atoms with Gasteiger partial charge in [0.2, 0.25) is 0 Å². The third kappa shape index (κ3) is 3.93. The van der Waals surface area contributed by atoms with E-state index in [1.165, 1.54) is 12.1 Å². The Morgan fingerprint density at radius 1 is 1.18 bits per heavy atom. The summed E-state index contributed by atoms with van der Waals surface area (Å²) >= 11 is 3.51. The van der Waals surface area contributed by atoms with E-state index in [2.05, 4.69) is 37.8 Å². The van der Waals surface area contributed by atoms with E-state index in [0.29, 0.717) is 5.69 Å². The van der Waals surface area contributed by atoms with Crippen LogP contribution in [-0.4, -0.2) is 24.7 Å². The molecule has 4 unspecified atom stereocenters. The Labute approximate surface area is 169 Å². The van der Waals surface area contributed by atoms with Gasteiger partial charge in [-0.2, -0.15) is 0 Å². The summed E-state index contributed by atoms with van der Waals surface area (Å²) in [5.41, 5.74) is 2.35. The van der Waals surface area contributed by atoms with Crippen molar-refractivity contribution in [3.8, 4) is 5.75 Å². The van der Waals surface area contributed by atoms with Gasteiger partial charge < -0.3 is 19.7 Å². The highest BCUT2D eigenvalue weighted by Gasteiger charge is 2.45. The molecule has 2 aliphatic rings. The average Bonchev–Trinajstić information content (AvgIpc) is 3.32. The Morgan fingerprint density at radius 3 is 2.57 bits per heavy atom. The number of nitrogens with one attached hydrogen (secondary N) is 1. The highest BCUT2D eigenvalue weighted by molar-refractivity contribution is 9.10. The van der Waals surface area contributed by atoms with Crippen molar-refractivity contribution in [3.63, 3.8) is 0 Å². The van der Waals surface area contributed by atoms with Crippen molar-refractivity contribution >= 4 is 27.3 Å². The van der Waals surface area contributed by atoms with Gasteiger partial charge in [-0.25, -0.2) is 0 Å². The van der Waals surface area contributed by atoms with Crippen LogP contribution in [-0.2, 0) is 4.74 Å². The Kier molecular flexibility index (Phi) is 4.95. The summed E-state index contributed by atoms with van der Waals surface area (Å²) in [4.78, 5) is 2.25. The first-order chi connectivity index (χ1) is 13.2. The Bertz CT molecular complexity index is 877. The molecule has 2 aliphatic heterocycles. The molecule has 8 heteroatoms. The molecule has 0 saturated carbocycles. The molecule has 1 fully saturated rings. The molecular formula is C20H20BrF3N2O2. The van der Waals surface area contributed by atoms with Gasteiger partial charge in [-0.15, -0.1) is 13.2 Å². The maximum Gasteiger partial charge on any atom is 0.573 e. The van der Waals surface area contributed by atoms with Gasteiger partial charge in [-0.3, -0.25) is 0 Å². The maximum atomic E-state index is 12.8. The third-order valence-electron chi connectivity index (χ3n) is 5.09. The first-order valence-electron chi connectivity index (χ1n) is 9.07. The number of rotatable bonds is 4. The van der Waals surface area contributed by atoms with Crippen LogP contribution in [0.4, 0.5) is 24.5 Å². The molecule has 0 spiro atoms. The highest BCUT2D eigenvalue weighted by Crippen LogP contribution is 2.45. The predicted molar refractivity (Wildman–Crippen MR) is 105 cm³/mol. The zero-order chi connectivity index (χ0) is 20.1. The van der Waals surface area contributed by atoms with Gasteiger partial charge in [-0.1, -0.05) is 28.1 Å². The van der Waals surface area contributed by atoms with Crippen molar-refractivity contribution in [2.75, 3.05) is 10.2 Å². The lowest BCUT2D eigenvalue weighted by atomic mass is 9.91. The number of para-hydroxylation sites is 2. The number of epoxide rings is 1. The van der Waals surface area contributed by atoms with E-state index in [1.54, 1.807) is 12.1 Å². The zero-order valence-electron chi connectivity index (χ0n) is 15.3. The predicted octanol–water partition coefficient (Wildman–Crippen LogP) is 5.84. The van der Waals surface area contributed by atoms with Gasteiger partial charge >= 0.3 is 6.36 Å². The number of benzene rings is 2. The first-order valence-corrected chi connectivity index (χ1v) is 9.87. The van der Waals surface area contributed by atoms with E-state index in [9.17, 15) is 13.2 Å². The van der Waals surface area contributed by atoms with Crippen LogP contribution < -0.4 is 15.0 Å². The molecule has 28 heavy (non-hydrogen) atoms. The number of hydrogen-bond donors (Lipinski definition) is 1. The topological polar surface area (TPSA) is 37.0 Å². The van der Waals surface area contributed by atoms with Gasteiger partial charge in [0.25, 0.3) is 0 Å². The van der Waals surface area contributed by atoms with Gasteiger partial charge in [0.1, 0.15) is 6.10 Å². The number of anilines is 2. The summed E-state index contributed by atoms with van der Waals surface area (Å²) in [6.07, 6.45) is -3.81. The summed E-state index contributed by atoms with van der Waals surface area (Å²) in [7, 11) is 0. The zero-order valence-corrected chi connectivity index (χ0v) is 16.9. The monoisotopic (exact) mass is 456 g/mol. The fourth-order valence-electron chi connectivity index (χ4n) is 3.84. The number of nitrogens with zero attached hydrogens (tertiary/aromatic N) is 1. The smallest absolute Gasteiger partial charge is 0.404 e. The number of ether oxygens (including phenoxy) is 2. The summed E-state index contributed by atoms with van der Waals surface area (Å²) < 4.78 is 49.1. The lowest BCUT2D eigenvalue weighted by Gasteiger charge is -2.41. The van der Waals surface area contributed by atoms with Crippen LogP contribution in [0.15, 0.2) is 46.9 Å². The maximum absolute atomic E-state index is 12.8. The molecule has 4 atom stereocenters. The normalized spacial score (nSPS) is 26.6. The highest BCUT2D eigenvalue weighted by atomic mass is 79.9.